The summed E-state index contributed by atoms with van der Waals surface area (Å²) in [6.07, 6.45) is 1.49. The molecule has 2 N–H and O–H groups in total. The first-order chi connectivity index (χ1) is 9.04. The second-order valence-corrected chi connectivity index (χ2v) is 5.12. The third kappa shape index (κ3) is 2.60. The standard InChI is InChI=1S/C12H16N4O2S/c1-4-18-11(17)9-10(13)16(6-14-9)12-15-8(5-19-12)7(2)3/h5-7H,4,13H2,1-3H3. The van der Waals surface area contributed by atoms with Crippen LogP contribution >= 0.6 is 11.3 Å². The normalized spacial score (nSPS) is 10.9. The number of aromatic nitrogens is 3. The molecule has 2 aromatic rings. The number of rotatable bonds is 4. The summed E-state index contributed by atoms with van der Waals surface area (Å²) in [5.41, 5.74) is 7.04. The van der Waals surface area contributed by atoms with Crippen LogP contribution in [0.1, 0.15) is 42.9 Å². The van der Waals surface area contributed by atoms with E-state index in [9.17, 15) is 4.79 Å². The van der Waals surface area contributed by atoms with Gasteiger partial charge in [0.2, 0.25) is 0 Å². The van der Waals surface area contributed by atoms with Crippen LogP contribution < -0.4 is 5.73 Å². The Balaban J connectivity index is 2.33. The van der Waals surface area contributed by atoms with E-state index in [-0.39, 0.29) is 11.5 Å². The Morgan fingerprint density at radius 2 is 2.32 bits per heavy atom. The third-order valence-electron chi connectivity index (χ3n) is 2.58. The van der Waals surface area contributed by atoms with Crippen molar-refractivity contribution in [3.63, 3.8) is 0 Å². The van der Waals surface area contributed by atoms with Crippen LogP contribution in [-0.4, -0.2) is 27.1 Å². The van der Waals surface area contributed by atoms with Crippen LogP contribution in [0.5, 0.6) is 0 Å². The molecule has 2 heterocycles. The van der Waals surface area contributed by atoms with Crippen molar-refractivity contribution >= 4 is 23.1 Å². The molecule has 2 rings (SSSR count). The number of nitrogen functional groups attached to an aromatic ring is 1. The molecule has 0 aromatic carbocycles. The van der Waals surface area contributed by atoms with Gasteiger partial charge in [0.25, 0.3) is 0 Å². The number of anilines is 1. The topological polar surface area (TPSA) is 83.0 Å². The van der Waals surface area contributed by atoms with E-state index < -0.39 is 5.97 Å². The van der Waals surface area contributed by atoms with E-state index in [4.69, 9.17) is 10.5 Å². The van der Waals surface area contributed by atoms with Crippen molar-refractivity contribution in [3.8, 4) is 5.13 Å². The quantitative estimate of drug-likeness (QED) is 0.868. The number of hydrogen-bond acceptors (Lipinski definition) is 6. The Morgan fingerprint density at radius 3 is 2.89 bits per heavy atom. The second-order valence-electron chi connectivity index (χ2n) is 4.28. The van der Waals surface area contributed by atoms with Crippen LogP contribution in [0.4, 0.5) is 5.82 Å². The Labute approximate surface area is 115 Å². The molecule has 102 valence electrons. The molecule has 19 heavy (non-hydrogen) atoms. The maximum atomic E-state index is 11.6. The number of hydrogen-bond donors (Lipinski definition) is 1. The van der Waals surface area contributed by atoms with E-state index in [0.717, 1.165) is 5.69 Å². The van der Waals surface area contributed by atoms with Crippen LogP contribution in [0, 0.1) is 0 Å². The zero-order valence-electron chi connectivity index (χ0n) is 11.1. The van der Waals surface area contributed by atoms with Crippen molar-refractivity contribution in [1.82, 2.24) is 14.5 Å². The molecule has 2 aromatic heterocycles. The van der Waals surface area contributed by atoms with Gasteiger partial charge in [-0.1, -0.05) is 13.8 Å². The van der Waals surface area contributed by atoms with Gasteiger partial charge in [0.05, 0.1) is 12.3 Å². The molecule has 0 spiro atoms. The number of carbonyl (C=O) groups is 1. The van der Waals surface area contributed by atoms with E-state index in [2.05, 4.69) is 23.8 Å². The summed E-state index contributed by atoms with van der Waals surface area (Å²) in [4.78, 5) is 20.1. The lowest BCUT2D eigenvalue weighted by Gasteiger charge is -2.02. The Morgan fingerprint density at radius 1 is 1.58 bits per heavy atom. The van der Waals surface area contributed by atoms with Crippen LogP contribution in [0.3, 0.4) is 0 Å². The summed E-state index contributed by atoms with van der Waals surface area (Å²) in [6, 6.07) is 0. The van der Waals surface area contributed by atoms with Crippen molar-refractivity contribution in [2.75, 3.05) is 12.3 Å². The van der Waals surface area contributed by atoms with Gasteiger partial charge in [0.15, 0.2) is 10.8 Å². The number of imidazole rings is 1. The highest BCUT2D eigenvalue weighted by molar-refractivity contribution is 7.12. The average Bonchev–Trinajstić information content (AvgIpc) is 2.95. The molecule has 0 saturated carbocycles. The van der Waals surface area contributed by atoms with Crippen LogP contribution in [0.15, 0.2) is 11.7 Å². The predicted molar refractivity (Wildman–Crippen MR) is 73.7 cm³/mol. The van der Waals surface area contributed by atoms with E-state index in [1.54, 1.807) is 11.5 Å². The van der Waals surface area contributed by atoms with E-state index in [1.165, 1.54) is 17.7 Å². The van der Waals surface area contributed by atoms with Crippen LogP contribution in [-0.2, 0) is 4.74 Å². The fourth-order valence-electron chi connectivity index (χ4n) is 1.52. The molecule has 0 aliphatic heterocycles. The monoisotopic (exact) mass is 280 g/mol. The van der Waals surface area contributed by atoms with Crippen LogP contribution in [0.2, 0.25) is 0 Å². The van der Waals surface area contributed by atoms with Gasteiger partial charge in [-0.3, -0.25) is 4.57 Å². The molecule has 0 unspecified atom stereocenters. The number of ether oxygens (including phenoxy) is 1. The highest BCUT2D eigenvalue weighted by Crippen LogP contribution is 2.24. The average molecular weight is 280 g/mol. The van der Waals surface area contributed by atoms with E-state index in [1.807, 2.05) is 5.38 Å². The highest BCUT2D eigenvalue weighted by Gasteiger charge is 2.19. The van der Waals surface area contributed by atoms with E-state index in [0.29, 0.717) is 17.7 Å². The Bertz CT molecular complexity index is 588. The van der Waals surface area contributed by atoms with Crippen molar-refractivity contribution in [2.45, 2.75) is 26.7 Å². The smallest absolute Gasteiger partial charge is 0.360 e. The molecular weight excluding hydrogens is 264 g/mol. The summed E-state index contributed by atoms with van der Waals surface area (Å²) in [5, 5.41) is 2.67. The summed E-state index contributed by atoms with van der Waals surface area (Å²) in [5.74, 6) is 0.0850. The lowest BCUT2D eigenvalue weighted by atomic mass is 10.2. The molecule has 7 heteroatoms. The molecule has 0 aliphatic carbocycles. The van der Waals surface area contributed by atoms with Gasteiger partial charge in [-0.2, -0.15) is 0 Å². The van der Waals surface area contributed by atoms with Gasteiger partial charge in [-0.05, 0) is 12.8 Å². The van der Waals surface area contributed by atoms with Gasteiger partial charge in [-0.15, -0.1) is 11.3 Å². The van der Waals surface area contributed by atoms with Gasteiger partial charge in [-0.25, -0.2) is 14.8 Å². The molecule has 0 radical (unpaired) electrons. The van der Waals surface area contributed by atoms with Crippen molar-refractivity contribution < 1.29 is 9.53 Å². The molecule has 0 amide bonds. The van der Waals surface area contributed by atoms with Gasteiger partial charge in [0, 0.05) is 5.38 Å². The number of nitrogens with zero attached hydrogens (tertiary/aromatic N) is 3. The van der Waals surface area contributed by atoms with Gasteiger partial charge in [0.1, 0.15) is 12.1 Å². The predicted octanol–water partition coefficient (Wildman–Crippen LogP) is 2.21. The Hall–Kier alpha value is -1.89. The maximum Gasteiger partial charge on any atom is 0.360 e. The highest BCUT2D eigenvalue weighted by atomic mass is 32.1. The molecular formula is C12H16N4O2S. The first-order valence-electron chi connectivity index (χ1n) is 6.00. The number of carbonyl (C=O) groups excluding carboxylic acids is 1. The Kier molecular flexibility index (Phi) is 3.84. The number of nitrogens with two attached hydrogens (primary N) is 1. The minimum absolute atomic E-state index is 0.128. The molecule has 0 bridgehead atoms. The summed E-state index contributed by atoms with van der Waals surface area (Å²) in [7, 11) is 0. The minimum Gasteiger partial charge on any atom is -0.461 e. The number of thiazole rings is 1. The maximum absolute atomic E-state index is 11.6. The zero-order valence-corrected chi connectivity index (χ0v) is 11.9. The largest absolute Gasteiger partial charge is 0.461 e. The fraction of sp³-hybridized carbons (Fsp3) is 0.417. The molecule has 0 atom stereocenters. The summed E-state index contributed by atoms with van der Waals surface area (Å²) < 4.78 is 6.49. The molecule has 0 aliphatic rings. The van der Waals surface area contributed by atoms with Crippen molar-refractivity contribution in [1.29, 1.82) is 0 Å². The summed E-state index contributed by atoms with van der Waals surface area (Å²) in [6.45, 7) is 6.17. The van der Waals surface area contributed by atoms with E-state index >= 15 is 0 Å². The lowest BCUT2D eigenvalue weighted by Crippen LogP contribution is -2.09. The minimum atomic E-state index is -0.514. The zero-order chi connectivity index (χ0) is 14.0. The molecule has 0 fully saturated rings. The van der Waals surface area contributed by atoms with Crippen molar-refractivity contribution in [2.24, 2.45) is 0 Å². The number of esters is 1. The molecule has 6 nitrogen and oxygen atoms in total. The summed E-state index contributed by atoms with van der Waals surface area (Å²) >= 11 is 1.46. The first kappa shape index (κ1) is 13.5. The van der Waals surface area contributed by atoms with Gasteiger partial charge >= 0.3 is 5.97 Å². The van der Waals surface area contributed by atoms with Gasteiger partial charge < -0.3 is 10.5 Å². The molecule has 0 saturated heterocycles. The lowest BCUT2D eigenvalue weighted by molar-refractivity contribution is 0.0521. The fourth-order valence-corrected chi connectivity index (χ4v) is 2.49. The third-order valence-corrected chi connectivity index (χ3v) is 3.44. The SMILES string of the molecule is CCOC(=O)c1ncn(-c2nc(C(C)C)cs2)c1N. The second kappa shape index (κ2) is 5.40. The van der Waals surface area contributed by atoms with Crippen LogP contribution in [0.25, 0.3) is 5.13 Å². The van der Waals surface area contributed by atoms with Crippen molar-refractivity contribution in [3.05, 3.63) is 23.1 Å². The first-order valence-corrected chi connectivity index (χ1v) is 6.88.